The Balaban J connectivity index is 2.10. The Hall–Kier alpha value is -1.35. The van der Waals surface area contributed by atoms with E-state index in [0.717, 1.165) is 30.6 Å². The van der Waals surface area contributed by atoms with E-state index in [2.05, 4.69) is 13.8 Å². The van der Waals surface area contributed by atoms with Gasteiger partial charge in [0.1, 0.15) is 5.75 Å². The molecule has 0 N–H and O–H groups in total. The molecule has 19 heavy (non-hydrogen) atoms. The second-order valence-corrected chi connectivity index (χ2v) is 5.43. The van der Waals surface area contributed by atoms with Crippen LogP contribution in [-0.2, 0) is 4.74 Å². The third kappa shape index (κ3) is 3.16. The Morgan fingerprint density at radius 3 is 2.68 bits per heavy atom. The maximum atomic E-state index is 12.5. The van der Waals surface area contributed by atoms with Crippen LogP contribution >= 0.6 is 0 Å². The number of hydrogen-bond acceptors (Lipinski definition) is 3. The van der Waals surface area contributed by atoms with E-state index in [1.807, 2.05) is 24.3 Å². The molecule has 1 aliphatic rings. The molecule has 1 aromatic carbocycles. The first kappa shape index (κ1) is 14.1. The highest BCUT2D eigenvalue weighted by Crippen LogP contribution is 2.33. The van der Waals surface area contributed by atoms with Gasteiger partial charge in [0.25, 0.3) is 0 Å². The lowest BCUT2D eigenvalue weighted by Gasteiger charge is -2.37. The smallest absolute Gasteiger partial charge is 0.166 e. The van der Waals surface area contributed by atoms with Crippen LogP contribution in [0.3, 0.4) is 0 Å². The Kier molecular flexibility index (Phi) is 4.25. The zero-order chi connectivity index (χ0) is 13.9. The number of methoxy groups -OCH3 is 1. The zero-order valence-corrected chi connectivity index (χ0v) is 11.9. The van der Waals surface area contributed by atoms with Crippen molar-refractivity contribution < 1.29 is 14.3 Å². The summed E-state index contributed by atoms with van der Waals surface area (Å²) in [5.74, 6) is 1.08. The van der Waals surface area contributed by atoms with E-state index in [-0.39, 0.29) is 17.3 Å². The minimum Gasteiger partial charge on any atom is -0.497 e. The fourth-order valence-corrected chi connectivity index (χ4v) is 2.59. The number of ether oxygens (including phenoxy) is 2. The molecule has 2 atom stereocenters. The number of rotatable bonds is 4. The van der Waals surface area contributed by atoms with E-state index in [4.69, 9.17) is 9.47 Å². The van der Waals surface area contributed by atoms with Crippen molar-refractivity contribution in [3.05, 3.63) is 29.8 Å². The van der Waals surface area contributed by atoms with Crippen molar-refractivity contribution in [2.75, 3.05) is 13.7 Å². The van der Waals surface area contributed by atoms with Gasteiger partial charge >= 0.3 is 0 Å². The summed E-state index contributed by atoms with van der Waals surface area (Å²) < 4.78 is 10.9. The molecule has 3 heteroatoms. The minimum atomic E-state index is -0.148. The standard InChI is InChI=1S/C16H22O3/c1-4-16(2)11-13(9-10-19-16)15(17)12-5-7-14(18-3)8-6-12/h5-8,13H,4,9-11H2,1-3H3. The molecule has 0 aromatic heterocycles. The summed E-state index contributed by atoms with van der Waals surface area (Å²) in [6, 6.07) is 7.37. The van der Waals surface area contributed by atoms with Crippen LogP contribution in [0, 0.1) is 5.92 Å². The molecular weight excluding hydrogens is 240 g/mol. The normalized spacial score (nSPS) is 27.0. The van der Waals surface area contributed by atoms with Gasteiger partial charge in [0.05, 0.1) is 12.7 Å². The monoisotopic (exact) mass is 262 g/mol. The van der Waals surface area contributed by atoms with Gasteiger partial charge in [-0.2, -0.15) is 0 Å². The largest absolute Gasteiger partial charge is 0.497 e. The third-order valence-electron chi connectivity index (χ3n) is 4.09. The topological polar surface area (TPSA) is 35.5 Å². The molecule has 1 aromatic rings. The number of carbonyl (C=O) groups excluding carboxylic acids is 1. The van der Waals surface area contributed by atoms with Crippen molar-refractivity contribution in [2.45, 2.75) is 38.7 Å². The molecular formula is C16H22O3. The molecule has 3 nitrogen and oxygen atoms in total. The van der Waals surface area contributed by atoms with E-state index in [0.29, 0.717) is 6.61 Å². The molecule has 1 saturated heterocycles. The molecule has 0 radical (unpaired) electrons. The Labute approximate surface area is 114 Å². The van der Waals surface area contributed by atoms with Gasteiger partial charge in [-0.25, -0.2) is 0 Å². The van der Waals surface area contributed by atoms with Crippen LogP contribution in [-0.4, -0.2) is 25.1 Å². The third-order valence-corrected chi connectivity index (χ3v) is 4.09. The van der Waals surface area contributed by atoms with Crippen LogP contribution in [0.25, 0.3) is 0 Å². The van der Waals surface area contributed by atoms with Crippen molar-refractivity contribution in [2.24, 2.45) is 5.92 Å². The predicted molar refractivity (Wildman–Crippen MR) is 74.7 cm³/mol. The lowest BCUT2D eigenvalue weighted by molar-refractivity contribution is -0.0811. The number of carbonyl (C=O) groups is 1. The van der Waals surface area contributed by atoms with Gasteiger partial charge < -0.3 is 9.47 Å². The van der Waals surface area contributed by atoms with Crippen molar-refractivity contribution in [1.82, 2.24) is 0 Å². The Morgan fingerprint density at radius 1 is 1.42 bits per heavy atom. The van der Waals surface area contributed by atoms with E-state index < -0.39 is 0 Å². The van der Waals surface area contributed by atoms with Crippen molar-refractivity contribution in [3.63, 3.8) is 0 Å². The summed E-state index contributed by atoms with van der Waals surface area (Å²) in [7, 11) is 1.63. The number of Topliss-reactive ketones (excluding diaryl/α,β-unsaturated/α-hetero) is 1. The van der Waals surface area contributed by atoms with E-state index in [1.54, 1.807) is 7.11 Å². The number of ketones is 1. The van der Waals surface area contributed by atoms with Gasteiger partial charge in [-0.1, -0.05) is 6.92 Å². The fraction of sp³-hybridized carbons (Fsp3) is 0.562. The van der Waals surface area contributed by atoms with Crippen LogP contribution in [0.15, 0.2) is 24.3 Å². The van der Waals surface area contributed by atoms with Gasteiger partial charge in [0.2, 0.25) is 0 Å². The first-order valence-corrected chi connectivity index (χ1v) is 6.90. The second kappa shape index (κ2) is 5.74. The first-order chi connectivity index (χ1) is 9.08. The quantitative estimate of drug-likeness (QED) is 0.779. The molecule has 0 bridgehead atoms. The van der Waals surface area contributed by atoms with Crippen LogP contribution in [0.1, 0.15) is 43.5 Å². The molecule has 0 saturated carbocycles. The number of hydrogen-bond donors (Lipinski definition) is 0. The van der Waals surface area contributed by atoms with Gasteiger partial charge in [-0.05, 0) is 50.5 Å². The predicted octanol–water partition coefficient (Wildman–Crippen LogP) is 3.47. The van der Waals surface area contributed by atoms with E-state index in [1.165, 1.54) is 0 Å². The molecule has 1 fully saturated rings. The van der Waals surface area contributed by atoms with Crippen LogP contribution in [0.4, 0.5) is 0 Å². The highest BCUT2D eigenvalue weighted by atomic mass is 16.5. The van der Waals surface area contributed by atoms with Gasteiger partial charge in [-0.15, -0.1) is 0 Å². The first-order valence-electron chi connectivity index (χ1n) is 6.90. The average molecular weight is 262 g/mol. The average Bonchev–Trinajstić information content (AvgIpc) is 2.46. The maximum Gasteiger partial charge on any atom is 0.166 e. The minimum absolute atomic E-state index is 0.0760. The molecule has 104 valence electrons. The Bertz CT molecular complexity index is 438. The summed E-state index contributed by atoms with van der Waals surface area (Å²) in [5, 5.41) is 0. The lowest BCUT2D eigenvalue weighted by atomic mass is 9.81. The molecule has 0 spiro atoms. The summed E-state index contributed by atoms with van der Waals surface area (Å²) in [5.41, 5.74) is 0.622. The van der Waals surface area contributed by atoms with Crippen molar-refractivity contribution >= 4 is 5.78 Å². The highest BCUT2D eigenvalue weighted by Gasteiger charge is 2.35. The molecule has 0 aliphatic carbocycles. The SMILES string of the molecule is CCC1(C)CC(C(=O)c2ccc(OC)cc2)CCO1. The highest BCUT2D eigenvalue weighted by molar-refractivity contribution is 5.98. The number of benzene rings is 1. The van der Waals surface area contributed by atoms with Gasteiger partial charge in [0, 0.05) is 18.1 Å². The maximum absolute atomic E-state index is 12.5. The fourth-order valence-electron chi connectivity index (χ4n) is 2.59. The summed E-state index contributed by atoms with van der Waals surface area (Å²) in [4.78, 5) is 12.5. The summed E-state index contributed by atoms with van der Waals surface area (Å²) in [6.07, 6.45) is 2.58. The molecule has 0 amide bonds. The second-order valence-electron chi connectivity index (χ2n) is 5.43. The molecule has 2 rings (SSSR count). The molecule has 1 aliphatic heterocycles. The summed E-state index contributed by atoms with van der Waals surface area (Å²) >= 11 is 0. The molecule has 1 heterocycles. The van der Waals surface area contributed by atoms with E-state index >= 15 is 0 Å². The van der Waals surface area contributed by atoms with Gasteiger partial charge in [0.15, 0.2) is 5.78 Å². The van der Waals surface area contributed by atoms with Crippen molar-refractivity contribution in [3.8, 4) is 5.75 Å². The van der Waals surface area contributed by atoms with Crippen LogP contribution in [0.5, 0.6) is 5.75 Å². The molecule has 2 unspecified atom stereocenters. The zero-order valence-electron chi connectivity index (χ0n) is 11.9. The Morgan fingerprint density at radius 2 is 2.11 bits per heavy atom. The van der Waals surface area contributed by atoms with Gasteiger partial charge in [-0.3, -0.25) is 4.79 Å². The van der Waals surface area contributed by atoms with E-state index in [9.17, 15) is 4.79 Å². The lowest BCUT2D eigenvalue weighted by Crippen LogP contribution is -2.39. The van der Waals surface area contributed by atoms with Crippen LogP contribution < -0.4 is 4.74 Å². The van der Waals surface area contributed by atoms with Crippen molar-refractivity contribution in [1.29, 1.82) is 0 Å². The summed E-state index contributed by atoms with van der Waals surface area (Å²) in [6.45, 7) is 4.89. The van der Waals surface area contributed by atoms with Crippen LogP contribution in [0.2, 0.25) is 0 Å².